The van der Waals surface area contributed by atoms with Gasteiger partial charge in [-0.2, -0.15) is 4.37 Å². The smallest absolute Gasteiger partial charge is 0.224 e. The Hall–Kier alpha value is -2.68. The molecule has 0 radical (unpaired) electrons. The fourth-order valence-corrected chi connectivity index (χ4v) is 5.03. The first-order chi connectivity index (χ1) is 17.0. The van der Waals surface area contributed by atoms with Gasteiger partial charge in [0.15, 0.2) is 0 Å². The van der Waals surface area contributed by atoms with Crippen molar-refractivity contribution >= 4 is 39.9 Å². The number of aryl methyl sites for hydroxylation is 1. The average Bonchev–Trinajstić information content (AvgIpc) is 3.33. The molecule has 2 aromatic carbocycles. The monoisotopic (exact) mass is 513 g/mol. The molecule has 7 nitrogen and oxygen atoms in total. The number of aromatic nitrogens is 2. The van der Waals surface area contributed by atoms with E-state index in [0.29, 0.717) is 45.6 Å². The normalized spacial score (nSPS) is 13.8. The predicted octanol–water partition coefficient (Wildman–Crippen LogP) is 4.28. The molecule has 1 saturated heterocycles. The zero-order valence-corrected chi connectivity index (χ0v) is 21.9. The minimum Gasteiger partial charge on any atom is -0.383 e. The summed E-state index contributed by atoms with van der Waals surface area (Å²) >= 11 is 7.52. The second-order valence-electron chi connectivity index (χ2n) is 8.73. The maximum Gasteiger partial charge on any atom is 0.224 e. The van der Waals surface area contributed by atoms with E-state index in [9.17, 15) is 4.79 Å². The van der Waals surface area contributed by atoms with E-state index >= 15 is 0 Å². The molecule has 0 atom stereocenters. The van der Waals surface area contributed by atoms with E-state index in [1.807, 2.05) is 23.1 Å². The van der Waals surface area contributed by atoms with E-state index in [4.69, 9.17) is 21.3 Å². The average molecular weight is 514 g/mol. The summed E-state index contributed by atoms with van der Waals surface area (Å²) in [5.74, 6) is 0.974. The lowest BCUT2D eigenvalue weighted by Gasteiger charge is -2.36. The molecule has 1 aliphatic heterocycles. The van der Waals surface area contributed by atoms with Gasteiger partial charge in [0, 0.05) is 81.5 Å². The Labute approximate surface area is 216 Å². The van der Waals surface area contributed by atoms with Crippen molar-refractivity contribution in [1.29, 1.82) is 0 Å². The molecule has 1 aliphatic rings. The number of nitrogens with zero attached hydrogens (tertiary/aromatic N) is 5. The number of halogens is 1. The minimum atomic E-state index is 0.169. The molecule has 3 aromatic rings. The molecular weight excluding hydrogens is 482 g/mol. The largest absolute Gasteiger partial charge is 0.383 e. The van der Waals surface area contributed by atoms with Crippen LogP contribution in [0.2, 0.25) is 5.02 Å². The zero-order valence-electron chi connectivity index (χ0n) is 20.3. The van der Waals surface area contributed by atoms with Crippen LogP contribution in [0.3, 0.4) is 0 Å². The highest BCUT2D eigenvalue weighted by Gasteiger charge is 2.22. The Bertz CT molecular complexity index is 1100. The van der Waals surface area contributed by atoms with Crippen molar-refractivity contribution in [2.45, 2.75) is 19.8 Å². The SMILES string of the molecule is COCCN(CCC(=O)N1CCN(c2cccc(Cl)c2)CC1)c1nc(Cc2ccc(C)cc2)ns1. The molecule has 0 unspecified atom stereocenters. The van der Waals surface area contributed by atoms with Crippen LogP contribution in [0.5, 0.6) is 0 Å². The molecule has 0 aliphatic carbocycles. The summed E-state index contributed by atoms with van der Waals surface area (Å²) in [6.07, 6.45) is 1.14. The lowest BCUT2D eigenvalue weighted by atomic mass is 10.1. The second kappa shape index (κ2) is 12.3. The number of carbonyl (C=O) groups is 1. The van der Waals surface area contributed by atoms with E-state index in [0.717, 1.165) is 34.8 Å². The van der Waals surface area contributed by atoms with E-state index in [1.165, 1.54) is 22.7 Å². The summed E-state index contributed by atoms with van der Waals surface area (Å²) < 4.78 is 9.86. The number of piperazine rings is 1. The van der Waals surface area contributed by atoms with Gasteiger partial charge < -0.3 is 19.4 Å². The molecule has 9 heteroatoms. The van der Waals surface area contributed by atoms with Crippen molar-refractivity contribution in [1.82, 2.24) is 14.3 Å². The van der Waals surface area contributed by atoms with E-state index < -0.39 is 0 Å². The number of rotatable bonds is 10. The van der Waals surface area contributed by atoms with Gasteiger partial charge >= 0.3 is 0 Å². The van der Waals surface area contributed by atoms with Crippen LogP contribution in [0.15, 0.2) is 48.5 Å². The molecule has 35 heavy (non-hydrogen) atoms. The van der Waals surface area contributed by atoms with Crippen LogP contribution in [0, 0.1) is 6.92 Å². The number of carbonyl (C=O) groups excluding carboxylic acids is 1. The van der Waals surface area contributed by atoms with E-state index in [-0.39, 0.29) is 5.91 Å². The number of ether oxygens (including phenoxy) is 1. The standard InChI is InChI=1S/C26H32ClN5O2S/c1-20-6-8-21(9-7-20)18-24-28-26(35-29-24)32(16-17-34-2)11-10-25(33)31-14-12-30(13-15-31)23-5-3-4-22(27)19-23/h3-9,19H,10-18H2,1-2H3. The maximum absolute atomic E-state index is 13.0. The first kappa shape index (κ1) is 25.4. The molecular formula is C26H32ClN5O2S. The van der Waals surface area contributed by atoms with Crippen molar-refractivity contribution in [3.05, 3.63) is 70.5 Å². The summed E-state index contributed by atoms with van der Waals surface area (Å²) in [6.45, 7) is 6.94. The maximum atomic E-state index is 13.0. The molecule has 2 heterocycles. The Morgan fingerprint density at radius 2 is 1.89 bits per heavy atom. The fourth-order valence-electron chi connectivity index (χ4n) is 4.11. The number of hydrogen-bond acceptors (Lipinski definition) is 7. The quantitative estimate of drug-likeness (QED) is 0.403. The Kier molecular flexibility index (Phi) is 8.95. The molecule has 4 rings (SSSR count). The number of anilines is 2. The van der Waals surface area contributed by atoms with Gasteiger partial charge in [-0.05, 0) is 30.7 Å². The van der Waals surface area contributed by atoms with E-state index in [1.54, 1.807) is 7.11 Å². The molecule has 0 bridgehead atoms. The summed E-state index contributed by atoms with van der Waals surface area (Å²) in [6, 6.07) is 16.3. The molecule has 1 amide bonds. The van der Waals surface area contributed by atoms with Crippen molar-refractivity contribution in [2.75, 3.05) is 62.8 Å². The van der Waals surface area contributed by atoms with Gasteiger partial charge in [-0.1, -0.05) is 47.5 Å². The Balaban J connectivity index is 1.31. The van der Waals surface area contributed by atoms with Gasteiger partial charge in [0.25, 0.3) is 0 Å². The second-order valence-corrected chi connectivity index (χ2v) is 9.90. The van der Waals surface area contributed by atoms with Gasteiger partial charge in [-0.15, -0.1) is 0 Å². The summed E-state index contributed by atoms with van der Waals surface area (Å²) in [7, 11) is 1.69. The molecule has 186 valence electrons. The summed E-state index contributed by atoms with van der Waals surface area (Å²) in [5.41, 5.74) is 3.53. The first-order valence-electron chi connectivity index (χ1n) is 11.9. The van der Waals surface area contributed by atoms with Gasteiger partial charge in [0.2, 0.25) is 11.0 Å². The third-order valence-corrected chi connectivity index (χ3v) is 7.23. The predicted molar refractivity (Wildman–Crippen MR) is 143 cm³/mol. The third kappa shape index (κ3) is 7.16. The summed E-state index contributed by atoms with van der Waals surface area (Å²) in [5, 5.41) is 1.57. The van der Waals surface area contributed by atoms with Crippen LogP contribution in [-0.2, 0) is 16.0 Å². The fraction of sp³-hybridized carbons (Fsp3) is 0.423. The third-order valence-electron chi connectivity index (χ3n) is 6.18. The highest BCUT2D eigenvalue weighted by atomic mass is 35.5. The van der Waals surface area contributed by atoms with Crippen molar-refractivity contribution in [3.63, 3.8) is 0 Å². The van der Waals surface area contributed by atoms with Gasteiger partial charge in [-0.3, -0.25) is 4.79 Å². The molecule has 1 aromatic heterocycles. The van der Waals surface area contributed by atoms with Crippen molar-refractivity contribution in [3.8, 4) is 0 Å². The topological polar surface area (TPSA) is 61.8 Å². The number of methoxy groups -OCH3 is 1. The first-order valence-corrected chi connectivity index (χ1v) is 13.1. The van der Waals surface area contributed by atoms with Crippen molar-refractivity contribution in [2.24, 2.45) is 0 Å². The van der Waals surface area contributed by atoms with Gasteiger partial charge in [-0.25, -0.2) is 4.98 Å². The molecule has 0 N–H and O–H groups in total. The van der Waals surface area contributed by atoms with Crippen LogP contribution in [0.25, 0.3) is 0 Å². The van der Waals surface area contributed by atoms with Crippen LogP contribution >= 0.6 is 23.1 Å². The zero-order chi connectivity index (χ0) is 24.6. The lowest BCUT2D eigenvalue weighted by Crippen LogP contribution is -2.49. The van der Waals surface area contributed by atoms with Gasteiger partial charge in [0.05, 0.1) is 6.61 Å². The van der Waals surface area contributed by atoms with Crippen LogP contribution in [0.4, 0.5) is 10.8 Å². The molecule has 0 spiro atoms. The highest BCUT2D eigenvalue weighted by molar-refractivity contribution is 7.09. The summed E-state index contributed by atoms with van der Waals surface area (Å²) in [4.78, 5) is 24.1. The number of hydrogen-bond donors (Lipinski definition) is 0. The van der Waals surface area contributed by atoms with Crippen LogP contribution in [0.1, 0.15) is 23.4 Å². The van der Waals surface area contributed by atoms with E-state index in [2.05, 4.69) is 51.4 Å². The lowest BCUT2D eigenvalue weighted by molar-refractivity contribution is -0.131. The minimum absolute atomic E-state index is 0.169. The highest BCUT2D eigenvalue weighted by Crippen LogP contribution is 2.22. The molecule has 1 fully saturated rings. The Morgan fingerprint density at radius 3 is 2.60 bits per heavy atom. The van der Waals surface area contributed by atoms with Crippen molar-refractivity contribution < 1.29 is 9.53 Å². The number of benzene rings is 2. The van der Waals surface area contributed by atoms with Crippen LogP contribution < -0.4 is 9.80 Å². The molecule has 0 saturated carbocycles. The van der Waals surface area contributed by atoms with Crippen LogP contribution in [-0.4, -0.2) is 73.1 Å². The Morgan fingerprint density at radius 1 is 1.11 bits per heavy atom. The number of amides is 1. The van der Waals surface area contributed by atoms with Gasteiger partial charge in [0.1, 0.15) is 5.82 Å².